The summed E-state index contributed by atoms with van der Waals surface area (Å²) >= 11 is 0. The molecule has 2 saturated carbocycles. The number of carbonyl (C=O) groups is 3. The van der Waals surface area contributed by atoms with Crippen molar-refractivity contribution in [2.24, 2.45) is 10.8 Å². The quantitative estimate of drug-likeness (QED) is 0.0289. The second-order valence-corrected chi connectivity index (χ2v) is 18.7. The summed E-state index contributed by atoms with van der Waals surface area (Å²) in [5, 5.41) is 0. The first-order chi connectivity index (χ1) is 31.4. The van der Waals surface area contributed by atoms with Crippen LogP contribution in [0.3, 0.4) is 0 Å². The third-order valence-corrected chi connectivity index (χ3v) is 12.8. The van der Waals surface area contributed by atoms with Crippen LogP contribution in [0.2, 0.25) is 0 Å². The SMILES string of the molecule is CCC(=O)OC(CCCCCCCC/C=C\C1(/C=C\CCCCC(=O)OCc2ccccc2)CC1)CCCCCCCC/C=C\C1(/C=C\CCCCC(=O)OCc2ccccc2)CC1. The molecule has 0 radical (unpaired) electrons. The maximum Gasteiger partial charge on any atom is 0.306 e. The highest BCUT2D eigenvalue weighted by molar-refractivity contribution is 5.70. The summed E-state index contributed by atoms with van der Waals surface area (Å²) in [5.74, 6) is -0.266. The number of unbranched alkanes of at least 4 members (excludes halogenated alkanes) is 16. The molecule has 0 aliphatic heterocycles. The van der Waals surface area contributed by atoms with Gasteiger partial charge in [0.15, 0.2) is 0 Å². The fourth-order valence-corrected chi connectivity index (χ4v) is 8.24. The smallest absolute Gasteiger partial charge is 0.306 e. The Kier molecular flexibility index (Phi) is 26.6. The molecule has 2 fully saturated rings. The second kappa shape index (κ2) is 32.5. The van der Waals surface area contributed by atoms with Crippen LogP contribution in [0.25, 0.3) is 0 Å². The van der Waals surface area contributed by atoms with E-state index in [0.717, 1.165) is 88.2 Å². The van der Waals surface area contributed by atoms with E-state index in [1.807, 2.05) is 67.6 Å². The highest BCUT2D eigenvalue weighted by Crippen LogP contribution is 2.49. The summed E-state index contributed by atoms with van der Waals surface area (Å²) in [7, 11) is 0. The largest absolute Gasteiger partial charge is 0.462 e. The van der Waals surface area contributed by atoms with Gasteiger partial charge in [-0.15, -0.1) is 0 Å². The highest BCUT2D eigenvalue weighted by atomic mass is 16.5. The van der Waals surface area contributed by atoms with Crippen molar-refractivity contribution in [3.05, 3.63) is 120 Å². The molecule has 0 atom stereocenters. The highest BCUT2D eigenvalue weighted by Gasteiger charge is 2.37. The van der Waals surface area contributed by atoms with Crippen LogP contribution in [0.5, 0.6) is 0 Å². The molecule has 2 aromatic rings. The zero-order chi connectivity index (χ0) is 45.2. The molecule has 0 amide bonds. The Morgan fingerprint density at radius 1 is 0.469 bits per heavy atom. The Morgan fingerprint density at radius 2 is 0.812 bits per heavy atom. The Labute approximate surface area is 388 Å². The van der Waals surface area contributed by atoms with E-state index in [1.54, 1.807) is 0 Å². The fraction of sp³-hybridized carbons (Fsp3) is 0.603. The predicted octanol–water partition coefficient (Wildman–Crippen LogP) is 15.9. The van der Waals surface area contributed by atoms with Crippen molar-refractivity contribution < 1.29 is 28.6 Å². The Balaban J connectivity index is 0.917. The predicted molar refractivity (Wildman–Crippen MR) is 263 cm³/mol. The van der Waals surface area contributed by atoms with Gasteiger partial charge in [-0.2, -0.15) is 0 Å². The lowest BCUT2D eigenvalue weighted by molar-refractivity contribution is -0.149. The van der Waals surface area contributed by atoms with Crippen LogP contribution in [0.15, 0.2) is 109 Å². The molecule has 2 aliphatic carbocycles. The molecule has 64 heavy (non-hydrogen) atoms. The van der Waals surface area contributed by atoms with Gasteiger partial charge in [-0.25, -0.2) is 0 Å². The van der Waals surface area contributed by atoms with Crippen molar-refractivity contribution in [2.45, 2.75) is 212 Å². The molecular weight excluding hydrogens is 793 g/mol. The van der Waals surface area contributed by atoms with Crippen LogP contribution in [0, 0.1) is 10.8 Å². The molecular formula is C58H84O6. The molecule has 0 spiro atoms. The molecule has 0 bridgehead atoms. The summed E-state index contributed by atoms with van der Waals surface area (Å²) in [5.41, 5.74) is 2.64. The first-order valence-electron chi connectivity index (χ1n) is 25.7. The lowest BCUT2D eigenvalue weighted by Gasteiger charge is -2.17. The number of ether oxygens (including phenoxy) is 3. The van der Waals surface area contributed by atoms with Crippen molar-refractivity contribution in [1.82, 2.24) is 0 Å². The molecule has 0 aromatic heterocycles. The second-order valence-electron chi connectivity index (χ2n) is 18.7. The summed E-state index contributed by atoms with van der Waals surface area (Å²) in [6.45, 7) is 2.62. The van der Waals surface area contributed by atoms with Crippen LogP contribution in [0.1, 0.15) is 204 Å². The number of hydrogen-bond donors (Lipinski definition) is 0. The van der Waals surface area contributed by atoms with Crippen molar-refractivity contribution in [3.8, 4) is 0 Å². The van der Waals surface area contributed by atoms with Gasteiger partial charge < -0.3 is 14.2 Å². The zero-order valence-electron chi connectivity index (χ0n) is 39.8. The van der Waals surface area contributed by atoms with E-state index in [0.29, 0.717) is 32.5 Å². The summed E-state index contributed by atoms with van der Waals surface area (Å²) in [6, 6.07) is 19.7. The third-order valence-electron chi connectivity index (χ3n) is 12.8. The molecule has 2 aliphatic rings. The summed E-state index contributed by atoms with van der Waals surface area (Å²) in [6.07, 6.45) is 50.7. The van der Waals surface area contributed by atoms with Gasteiger partial charge in [-0.05, 0) is 127 Å². The molecule has 352 valence electrons. The maximum atomic E-state index is 12.1. The monoisotopic (exact) mass is 877 g/mol. The minimum absolute atomic E-state index is 0.0547. The standard InChI is InChI=1S/C58H84O6/c1-2-54(59)64-53(37-25-11-7-3-5-9-15-29-41-57(45-46-57)43-31-17-13-27-39-55(60)62-49-51-33-21-19-22-34-51)38-26-12-8-4-6-10-16-30-42-58(47-48-58)44-32-18-14-28-40-56(61)63-50-52-35-23-20-24-36-52/h19-24,29-36,41-44,53H,2-18,25-28,37-40,45-50H2,1H3/b41-29-,42-30-,43-31-,44-32-. The van der Waals surface area contributed by atoms with Crippen molar-refractivity contribution >= 4 is 17.9 Å². The van der Waals surface area contributed by atoms with E-state index in [2.05, 4.69) is 48.6 Å². The number of benzene rings is 2. The number of esters is 3. The maximum absolute atomic E-state index is 12.1. The molecule has 2 aromatic carbocycles. The summed E-state index contributed by atoms with van der Waals surface area (Å²) < 4.78 is 16.6. The van der Waals surface area contributed by atoms with Crippen molar-refractivity contribution in [3.63, 3.8) is 0 Å². The molecule has 6 nitrogen and oxygen atoms in total. The first-order valence-corrected chi connectivity index (χ1v) is 25.7. The van der Waals surface area contributed by atoms with Crippen molar-refractivity contribution in [1.29, 1.82) is 0 Å². The Morgan fingerprint density at radius 3 is 1.17 bits per heavy atom. The minimum atomic E-state index is -0.106. The molecule has 0 saturated heterocycles. The number of rotatable bonds is 38. The van der Waals surface area contributed by atoms with Gasteiger partial charge in [0.2, 0.25) is 0 Å². The fourth-order valence-electron chi connectivity index (χ4n) is 8.24. The van der Waals surface area contributed by atoms with Crippen LogP contribution < -0.4 is 0 Å². The van der Waals surface area contributed by atoms with Gasteiger partial charge in [0, 0.05) is 30.1 Å². The topological polar surface area (TPSA) is 78.9 Å². The molecule has 0 unspecified atom stereocenters. The van der Waals surface area contributed by atoms with Gasteiger partial charge in [-0.3, -0.25) is 14.4 Å². The Bertz CT molecular complexity index is 1550. The van der Waals surface area contributed by atoms with Gasteiger partial charge in [0.05, 0.1) is 0 Å². The number of hydrogen-bond acceptors (Lipinski definition) is 6. The van der Waals surface area contributed by atoms with E-state index in [4.69, 9.17) is 14.2 Å². The van der Waals surface area contributed by atoms with Crippen LogP contribution >= 0.6 is 0 Å². The average Bonchev–Trinajstić information content (AvgIpc) is 4.26. The lowest BCUT2D eigenvalue weighted by atomic mass is 10.0. The van der Waals surface area contributed by atoms with Crippen LogP contribution in [-0.2, 0) is 41.8 Å². The number of carbonyl (C=O) groups excluding carboxylic acids is 3. The van der Waals surface area contributed by atoms with Gasteiger partial charge >= 0.3 is 17.9 Å². The van der Waals surface area contributed by atoms with Crippen LogP contribution in [0.4, 0.5) is 0 Å². The van der Waals surface area contributed by atoms with E-state index in [9.17, 15) is 14.4 Å². The van der Waals surface area contributed by atoms with E-state index in [-0.39, 0.29) is 34.8 Å². The minimum Gasteiger partial charge on any atom is -0.462 e. The van der Waals surface area contributed by atoms with Crippen LogP contribution in [-0.4, -0.2) is 24.0 Å². The first kappa shape index (κ1) is 52.4. The average molecular weight is 877 g/mol. The Hall–Kier alpha value is -4.19. The van der Waals surface area contributed by atoms with Crippen molar-refractivity contribution in [2.75, 3.05) is 0 Å². The molecule has 0 heterocycles. The molecule has 6 heteroatoms. The third kappa shape index (κ3) is 25.3. The molecule has 4 rings (SSSR count). The number of allylic oxidation sites excluding steroid dienone is 8. The zero-order valence-corrected chi connectivity index (χ0v) is 39.8. The van der Waals surface area contributed by atoms with E-state index < -0.39 is 0 Å². The molecule has 0 N–H and O–H groups in total. The van der Waals surface area contributed by atoms with Gasteiger partial charge in [0.1, 0.15) is 19.3 Å². The van der Waals surface area contributed by atoms with Gasteiger partial charge in [0.25, 0.3) is 0 Å². The summed E-state index contributed by atoms with van der Waals surface area (Å²) in [4.78, 5) is 36.2. The normalized spacial score (nSPS) is 15.2. The van der Waals surface area contributed by atoms with E-state index in [1.165, 1.54) is 89.9 Å². The van der Waals surface area contributed by atoms with Gasteiger partial charge in [-0.1, -0.05) is 168 Å². The lowest BCUT2D eigenvalue weighted by Crippen LogP contribution is -2.17. The van der Waals surface area contributed by atoms with E-state index >= 15 is 0 Å².